The monoisotopic (exact) mass is 550 g/mol. The number of hydrogen-bond acceptors (Lipinski definition) is 4. The SMILES string of the molecule is CC(C)(NC(=O)c1ccc2c(C3CCCCC3)n(-c3ccccc3)nc2c1)C(=O)Nc1ccc(C=CC(=O)O)cc1. The summed E-state index contributed by atoms with van der Waals surface area (Å²) in [5.74, 6) is -1.37. The lowest BCUT2D eigenvalue weighted by Gasteiger charge is -2.25. The predicted molar refractivity (Wildman–Crippen MR) is 160 cm³/mol. The second-order valence-corrected chi connectivity index (χ2v) is 11.0. The highest BCUT2D eigenvalue weighted by atomic mass is 16.4. The van der Waals surface area contributed by atoms with E-state index in [4.69, 9.17) is 10.2 Å². The van der Waals surface area contributed by atoms with E-state index < -0.39 is 11.5 Å². The highest BCUT2D eigenvalue weighted by molar-refractivity contribution is 6.04. The van der Waals surface area contributed by atoms with E-state index in [0.717, 1.165) is 35.5 Å². The van der Waals surface area contributed by atoms with Gasteiger partial charge in [0.25, 0.3) is 5.91 Å². The van der Waals surface area contributed by atoms with Gasteiger partial charge in [-0.15, -0.1) is 0 Å². The molecule has 0 saturated heterocycles. The summed E-state index contributed by atoms with van der Waals surface area (Å²) in [4.78, 5) is 37.1. The van der Waals surface area contributed by atoms with Crippen molar-refractivity contribution in [2.24, 2.45) is 0 Å². The van der Waals surface area contributed by atoms with E-state index >= 15 is 0 Å². The van der Waals surface area contributed by atoms with Gasteiger partial charge in [-0.2, -0.15) is 5.10 Å². The zero-order valence-electron chi connectivity index (χ0n) is 23.3. The van der Waals surface area contributed by atoms with Crippen molar-refractivity contribution in [3.05, 3.63) is 95.7 Å². The minimum Gasteiger partial charge on any atom is -0.478 e. The Bertz CT molecular complexity index is 1600. The number of nitrogens with one attached hydrogen (secondary N) is 2. The maximum absolute atomic E-state index is 13.3. The van der Waals surface area contributed by atoms with E-state index in [1.165, 1.54) is 31.0 Å². The standard InChI is InChI=1S/C33H34N4O4/c1-33(2,32(41)34-25-17-13-22(14-18-25)15-20-29(38)39)35-31(40)24-16-19-27-28(21-24)36-37(26-11-7-4-8-12-26)30(27)23-9-5-3-6-10-23/h4,7-8,11-21,23H,3,5-6,9-10H2,1-2H3,(H,34,41)(H,35,40)(H,38,39). The molecular weight excluding hydrogens is 516 g/mol. The number of aliphatic carboxylic acids is 1. The molecule has 0 aliphatic heterocycles. The van der Waals surface area contributed by atoms with Crippen molar-refractivity contribution in [3.8, 4) is 5.69 Å². The van der Waals surface area contributed by atoms with Crippen LogP contribution in [0.15, 0.2) is 78.9 Å². The second kappa shape index (κ2) is 11.8. The lowest BCUT2D eigenvalue weighted by Crippen LogP contribution is -2.52. The van der Waals surface area contributed by atoms with Gasteiger partial charge in [0.1, 0.15) is 5.54 Å². The van der Waals surface area contributed by atoms with E-state index in [0.29, 0.717) is 22.7 Å². The van der Waals surface area contributed by atoms with Crippen molar-refractivity contribution in [1.82, 2.24) is 15.1 Å². The maximum Gasteiger partial charge on any atom is 0.328 e. The lowest BCUT2D eigenvalue weighted by molar-refractivity contribution is -0.131. The number of amides is 2. The van der Waals surface area contributed by atoms with Gasteiger partial charge in [-0.3, -0.25) is 9.59 Å². The molecule has 8 nitrogen and oxygen atoms in total. The predicted octanol–water partition coefficient (Wildman–Crippen LogP) is 6.32. The first kappa shape index (κ1) is 27.8. The molecule has 8 heteroatoms. The highest BCUT2D eigenvalue weighted by Crippen LogP contribution is 2.38. The number of carbonyl (C=O) groups is 3. The summed E-state index contributed by atoms with van der Waals surface area (Å²) in [6, 6.07) is 22.4. The average molecular weight is 551 g/mol. The molecule has 1 aromatic heterocycles. The molecule has 1 aliphatic rings. The van der Waals surface area contributed by atoms with Crippen LogP contribution < -0.4 is 10.6 Å². The number of nitrogens with zero attached hydrogens (tertiary/aromatic N) is 2. The Labute approximate surface area is 239 Å². The summed E-state index contributed by atoms with van der Waals surface area (Å²) in [5.41, 5.74) is 3.40. The summed E-state index contributed by atoms with van der Waals surface area (Å²) in [6.07, 6.45) is 8.44. The second-order valence-electron chi connectivity index (χ2n) is 11.0. The maximum atomic E-state index is 13.3. The number of carboxylic acids is 1. The molecule has 1 aliphatic carbocycles. The normalized spacial score (nSPS) is 14.3. The fourth-order valence-electron chi connectivity index (χ4n) is 5.33. The van der Waals surface area contributed by atoms with Gasteiger partial charge in [-0.25, -0.2) is 9.48 Å². The van der Waals surface area contributed by atoms with Crippen LogP contribution in [0, 0.1) is 0 Å². The van der Waals surface area contributed by atoms with Gasteiger partial charge >= 0.3 is 5.97 Å². The zero-order chi connectivity index (χ0) is 29.0. The van der Waals surface area contributed by atoms with Crippen molar-refractivity contribution in [1.29, 1.82) is 0 Å². The van der Waals surface area contributed by atoms with Gasteiger partial charge in [0.15, 0.2) is 0 Å². The smallest absolute Gasteiger partial charge is 0.328 e. The number of para-hydroxylation sites is 1. The van der Waals surface area contributed by atoms with Crippen molar-refractivity contribution >= 4 is 40.4 Å². The lowest BCUT2D eigenvalue weighted by atomic mass is 9.85. The molecule has 0 spiro atoms. The molecule has 2 amide bonds. The Kier molecular flexibility index (Phi) is 8.01. The quantitative estimate of drug-likeness (QED) is 0.222. The average Bonchev–Trinajstić information content (AvgIpc) is 3.36. The molecular formula is C33H34N4O4. The van der Waals surface area contributed by atoms with Crippen LogP contribution in [0.2, 0.25) is 0 Å². The number of anilines is 1. The van der Waals surface area contributed by atoms with E-state index in [1.54, 1.807) is 50.2 Å². The molecule has 1 saturated carbocycles. The summed E-state index contributed by atoms with van der Waals surface area (Å²) in [7, 11) is 0. The minimum absolute atomic E-state index is 0.366. The largest absolute Gasteiger partial charge is 0.478 e. The molecule has 0 unspecified atom stereocenters. The first-order valence-electron chi connectivity index (χ1n) is 13.9. The van der Waals surface area contributed by atoms with Crippen LogP contribution in [-0.4, -0.2) is 38.2 Å². The Hall–Kier alpha value is -4.72. The van der Waals surface area contributed by atoms with Crippen LogP contribution in [0.1, 0.15) is 73.5 Å². The minimum atomic E-state index is -1.20. The van der Waals surface area contributed by atoms with Crippen molar-refractivity contribution < 1.29 is 19.5 Å². The fourth-order valence-corrected chi connectivity index (χ4v) is 5.33. The van der Waals surface area contributed by atoms with E-state index in [9.17, 15) is 14.4 Å². The summed E-state index contributed by atoms with van der Waals surface area (Å²) >= 11 is 0. The topological polar surface area (TPSA) is 113 Å². The number of benzene rings is 3. The number of carboxylic acid groups (broad SMARTS) is 1. The number of hydrogen-bond donors (Lipinski definition) is 3. The van der Waals surface area contributed by atoms with Gasteiger partial charge in [0, 0.05) is 28.6 Å². The summed E-state index contributed by atoms with van der Waals surface area (Å²) < 4.78 is 2.03. The summed E-state index contributed by atoms with van der Waals surface area (Å²) in [6.45, 7) is 3.29. The van der Waals surface area contributed by atoms with E-state index in [2.05, 4.69) is 10.6 Å². The van der Waals surface area contributed by atoms with Gasteiger partial charge in [0.2, 0.25) is 5.91 Å². The molecule has 210 valence electrons. The molecule has 1 heterocycles. The molecule has 0 atom stereocenters. The van der Waals surface area contributed by atoms with Crippen LogP contribution in [0.4, 0.5) is 5.69 Å². The molecule has 1 fully saturated rings. The highest BCUT2D eigenvalue weighted by Gasteiger charge is 2.31. The Morgan fingerprint density at radius 3 is 2.34 bits per heavy atom. The zero-order valence-corrected chi connectivity index (χ0v) is 23.3. The molecule has 3 aromatic carbocycles. The first-order chi connectivity index (χ1) is 19.7. The first-order valence-corrected chi connectivity index (χ1v) is 13.9. The van der Waals surface area contributed by atoms with Gasteiger partial charge < -0.3 is 15.7 Å². The molecule has 4 aromatic rings. The van der Waals surface area contributed by atoms with Gasteiger partial charge in [0.05, 0.1) is 16.9 Å². The van der Waals surface area contributed by atoms with E-state index in [1.807, 2.05) is 41.1 Å². The van der Waals surface area contributed by atoms with Crippen LogP contribution >= 0.6 is 0 Å². The number of aromatic nitrogens is 2. The third kappa shape index (κ3) is 6.38. The Morgan fingerprint density at radius 2 is 1.66 bits per heavy atom. The fraction of sp³-hybridized carbons (Fsp3) is 0.273. The molecule has 0 radical (unpaired) electrons. The van der Waals surface area contributed by atoms with Crippen molar-refractivity contribution in [3.63, 3.8) is 0 Å². The molecule has 5 rings (SSSR count). The number of fused-ring (bicyclic) bond motifs is 1. The van der Waals surface area contributed by atoms with Crippen LogP contribution in [0.3, 0.4) is 0 Å². The molecule has 3 N–H and O–H groups in total. The number of rotatable bonds is 8. The number of carbonyl (C=O) groups excluding carboxylic acids is 2. The molecule has 41 heavy (non-hydrogen) atoms. The summed E-state index contributed by atoms with van der Waals surface area (Å²) in [5, 5.41) is 20.4. The third-order valence-electron chi connectivity index (χ3n) is 7.55. The van der Waals surface area contributed by atoms with Crippen LogP contribution in [0.25, 0.3) is 22.7 Å². The van der Waals surface area contributed by atoms with Crippen LogP contribution in [0.5, 0.6) is 0 Å². The van der Waals surface area contributed by atoms with Crippen molar-refractivity contribution in [2.75, 3.05) is 5.32 Å². The molecule has 0 bridgehead atoms. The Morgan fingerprint density at radius 1 is 0.951 bits per heavy atom. The van der Waals surface area contributed by atoms with Crippen LogP contribution in [-0.2, 0) is 9.59 Å². The van der Waals surface area contributed by atoms with E-state index in [-0.39, 0.29) is 11.8 Å². The van der Waals surface area contributed by atoms with Gasteiger partial charge in [-0.05, 0) is 74.7 Å². The third-order valence-corrected chi connectivity index (χ3v) is 7.55. The van der Waals surface area contributed by atoms with Gasteiger partial charge in [-0.1, -0.05) is 55.7 Å². The van der Waals surface area contributed by atoms with Crippen molar-refractivity contribution in [2.45, 2.75) is 57.4 Å². The Balaban J connectivity index is 1.35.